The third-order valence-electron chi connectivity index (χ3n) is 6.54. The maximum absolute atomic E-state index is 13.4. The zero-order valence-electron chi connectivity index (χ0n) is 17.8. The van der Waals surface area contributed by atoms with Gasteiger partial charge >= 0.3 is 0 Å². The zero-order valence-corrected chi connectivity index (χ0v) is 17.8. The van der Waals surface area contributed by atoms with Gasteiger partial charge in [-0.2, -0.15) is 0 Å². The van der Waals surface area contributed by atoms with Crippen LogP contribution in [0.25, 0.3) is 0 Å². The van der Waals surface area contributed by atoms with Crippen molar-refractivity contribution >= 4 is 11.8 Å². The van der Waals surface area contributed by atoms with Crippen molar-refractivity contribution in [3.63, 3.8) is 0 Å². The number of nitrogens with one attached hydrogen (secondary N) is 1. The van der Waals surface area contributed by atoms with Gasteiger partial charge < -0.3 is 14.8 Å². The van der Waals surface area contributed by atoms with E-state index in [1.807, 2.05) is 35.2 Å². The molecule has 1 saturated heterocycles. The highest BCUT2D eigenvalue weighted by atomic mass is 16.2. The quantitative estimate of drug-likeness (QED) is 0.850. The highest BCUT2D eigenvalue weighted by Gasteiger charge is 2.39. The molecule has 2 unspecified atom stereocenters. The van der Waals surface area contributed by atoms with Crippen LogP contribution in [0.15, 0.2) is 48.7 Å². The summed E-state index contributed by atoms with van der Waals surface area (Å²) >= 11 is 0. The van der Waals surface area contributed by atoms with Gasteiger partial charge in [-0.05, 0) is 43.5 Å². The SMILES string of the molecule is Cn1cccc1CN1CCCN(C(=O)c2ccccc2)C2CCCC2C(=O)NCC1. The van der Waals surface area contributed by atoms with Gasteiger partial charge in [-0.15, -0.1) is 0 Å². The molecule has 6 nitrogen and oxygen atoms in total. The van der Waals surface area contributed by atoms with Crippen molar-refractivity contribution in [3.05, 3.63) is 59.9 Å². The molecule has 2 aromatic rings. The van der Waals surface area contributed by atoms with E-state index in [-0.39, 0.29) is 23.8 Å². The number of amides is 2. The van der Waals surface area contributed by atoms with E-state index in [0.717, 1.165) is 45.3 Å². The van der Waals surface area contributed by atoms with Gasteiger partial charge in [0.1, 0.15) is 0 Å². The number of carbonyl (C=O) groups is 2. The van der Waals surface area contributed by atoms with Gasteiger partial charge in [0, 0.05) is 63.3 Å². The molecule has 160 valence electrons. The van der Waals surface area contributed by atoms with Gasteiger partial charge in [0.25, 0.3) is 5.91 Å². The van der Waals surface area contributed by atoms with Gasteiger partial charge in [-0.25, -0.2) is 0 Å². The molecule has 4 rings (SSSR count). The first kappa shape index (κ1) is 20.7. The Morgan fingerprint density at radius 3 is 2.63 bits per heavy atom. The number of aryl methyl sites for hydroxylation is 1. The smallest absolute Gasteiger partial charge is 0.254 e. The van der Waals surface area contributed by atoms with Crippen molar-refractivity contribution in [2.24, 2.45) is 13.0 Å². The molecule has 1 N–H and O–H groups in total. The Hall–Kier alpha value is -2.60. The molecule has 2 atom stereocenters. The van der Waals surface area contributed by atoms with Crippen LogP contribution in [0.4, 0.5) is 0 Å². The Labute approximate surface area is 178 Å². The number of aromatic nitrogens is 1. The first-order valence-corrected chi connectivity index (χ1v) is 11.1. The molecule has 1 aromatic carbocycles. The van der Waals surface area contributed by atoms with Crippen molar-refractivity contribution in [2.75, 3.05) is 26.2 Å². The minimum absolute atomic E-state index is 0.00266. The molecule has 2 amide bonds. The average Bonchev–Trinajstić information content (AvgIpc) is 3.39. The second-order valence-electron chi connectivity index (χ2n) is 8.50. The van der Waals surface area contributed by atoms with Crippen LogP contribution in [0.2, 0.25) is 0 Å². The van der Waals surface area contributed by atoms with E-state index in [4.69, 9.17) is 0 Å². The topological polar surface area (TPSA) is 57.6 Å². The van der Waals surface area contributed by atoms with Crippen molar-refractivity contribution in [1.29, 1.82) is 0 Å². The zero-order chi connectivity index (χ0) is 20.9. The van der Waals surface area contributed by atoms with Crippen molar-refractivity contribution in [1.82, 2.24) is 19.7 Å². The Balaban J connectivity index is 1.53. The second-order valence-corrected chi connectivity index (χ2v) is 8.50. The largest absolute Gasteiger partial charge is 0.355 e. The molecule has 2 fully saturated rings. The van der Waals surface area contributed by atoms with Crippen LogP contribution in [-0.2, 0) is 18.4 Å². The average molecular weight is 409 g/mol. The molecule has 1 aromatic heterocycles. The molecule has 30 heavy (non-hydrogen) atoms. The van der Waals surface area contributed by atoms with E-state index >= 15 is 0 Å². The van der Waals surface area contributed by atoms with Crippen molar-refractivity contribution in [3.8, 4) is 0 Å². The Morgan fingerprint density at radius 1 is 1.03 bits per heavy atom. The van der Waals surface area contributed by atoms with Gasteiger partial charge in [0.15, 0.2) is 0 Å². The highest BCUT2D eigenvalue weighted by molar-refractivity contribution is 5.95. The van der Waals surface area contributed by atoms with E-state index in [0.29, 0.717) is 18.7 Å². The lowest BCUT2D eigenvalue weighted by molar-refractivity contribution is -0.126. The lowest BCUT2D eigenvalue weighted by atomic mass is 9.99. The third-order valence-corrected chi connectivity index (χ3v) is 6.54. The molecule has 1 saturated carbocycles. The third kappa shape index (κ3) is 4.59. The van der Waals surface area contributed by atoms with E-state index in [2.05, 4.69) is 40.2 Å². The monoisotopic (exact) mass is 408 g/mol. The summed E-state index contributed by atoms with van der Waals surface area (Å²) < 4.78 is 2.14. The Kier molecular flexibility index (Phi) is 6.53. The molecular formula is C24H32N4O2. The predicted molar refractivity (Wildman–Crippen MR) is 117 cm³/mol. The highest BCUT2D eigenvalue weighted by Crippen LogP contribution is 2.31. The molecule has 2 aliphatic rings. The number of fused-ring (bicyclic) bond motifs is 1. The Morgan fingerprint density at radius 2 is 1.87 bits per heavy atom. The molecule has 1 aliphatic heterocycles. The first-order chi connectivity index (χ1) is 14.6. The number of carbonyl (C=O) groups excluding carboxylic acids is 2. The molecule has 0 spiro atoms. The summed E-state index contributed by atoms with van der Waals surface area (Å²) in [6.07, 6.45) is 5.73. The molecule has 0 bridgehead atoms. The molecule has 2 heterocycles. The summed E-state index contributed by atoms with van der Waals surface area (Å²) in [5.41, 5.74) is 1.96. The standard InChI is InChI=1S/C24H32N4O2/c1-26-14-6-10-20(26)18-27-15-7-16-28(24(30)19-8-3-2-4-9-19)22-12-5-11-21(22)23(29)25-13-17-27/h2-4,6,8-10,14,21-22H,5,7,11-13,15-18H2,1H3,(H,25,29). The lowest BCUT2D eigenvalue weighted by Crippen LogP contribution is -2.47. The lowest BCUT2D eigenvalue weighted by Gasteiger charge is -2.33. The van der Waals surface area contributed by atoms with E-state index in [1.54, 1.807) is 0 Å². The molecule has 6 heteroatoms. The second kappa shape index (κ2) is 9.47. The van der Waals surface area contributed by atoms with Crippen LogP contribution in [-0.4, -0.2) is 58.4 Å². The van der Waals surface area contributed by atoms with Gasteiger partial charge in [-0.3, -0.25) is 14.5 Å². The fourth-order valence-electron chi connectivity index (χ4n) is 4.88. The summed E-state index contributed by atoms with van der Waals surface area (Å²) in [5.74, 6) is 0.0506. The predicted octanol–water partition coefficient (Wildman–Crippen LogP) is 2.66. The summed E-state index contributed by atoms with van der Waals surface area (Å²) in [5, 5.41) is 3.15. The number of rotatable bonds is 3. The fourth-order valence-corrected chi connectivity index (χ4v) is 4.88. The van der Waals surface area contributed by atoms with Crippen molar-refractivity contribution < 1.29 is 9.59 Å². The number of benzene rings is 1. The summed E-state index contributed by atoms with van der Waals surface area (Å²) in [6, 6.07) is 13.7. The minimum Gasteiger partial charge on any atom is -0.355 e. The summed E-state index contributed by atoms with van der Waals surface area (Å²) in [7, 11) is 2.06. The van der Waals surface area contributed by atoms with Crippen LogP contribution >= 0.6 is 0 Å². The van der Waals surface area contributed by atoms with Crippen LogP contribution in [0.5, 0.6) is 0 Å². The normalized spacial score (nSPS) is 23.5. The fraction of sp³-hybridized carbons (Fsp3) is 0.500. The van der Waals surface area contributed by atoms with Gasteiger partial charge in [0.2, 0.25) is 5.91 Å². The van der Waals surface area contributed by atoms with Crippen molar-refractivity contribution in [2.45, 2.75) is 38.3 Å². The van der Waals surface area contributed by atoms with Gasteiger partial charge in [-0.1, -0.05) is 24.6 Å². The van der Waals surface area contributed by atoms with E-state index < -0.39 is 0 Å². The van der Waals surface area contributed by atoms with Crippen LogP contribution < -0.4 is 5.32 Å². The number of hydrogen-bond donors (Lipinski definition) is 1. The van der Waals surface area contributed by atoms with Gasteiger partial charge in [0.05, 0.1) is 5.92 Å². The maximum atomic E-state index is 13.4. The Bertz CT molecular complexity index is 863. The van der Waals surface area contributed by atoms with E-state index in [1.165, 1.54) is 5.69 Å². The number of hydrogen-bond acceptors (Lipinski definition) is 3. The van der Waals surface area contributed by atoms with Crippen LogP contribution in [0.3, 0.4) is 0 Å². The minimum atomic E-state index is -0.0999. The summed E-state index contributed by atoms with van der Waals surface area (Å²) in [6.45, 7) is 3.90. The summed E-state index contributed by atoms with van der Waals surface area (Å²) in [4.78, 5) is 30.7. The molecule has 1 aliphatic carbocycles. The first-order valence-electron chi connectivity index (χ1n) is 11.1. The molecular weight excluding hydrogens is 376 g/mol. The number of nitrogens with zero attached hydrogens (tertiary/aromatic N) is 3. The van der Waals surface area contributed by atoms with E-state index in [9.17, 15) is 9.59 Å². The molecule has 0 radical (unpaired) electrons. The van der Waals surface area contributed by atoms with Crippen LogP contribution in [0, 0.1) is 5.92 Å². The van der Waals surface area contributed by atoms with Crippen LogP contribution in [0.1, 0.15) is 41.7 Å². The maximum Gasteiger partial charge on any atom is 0.254 e.